The van der Waals surface area contributed by atoms with Crippen LogP contribution in [0.15, 0.2) is 0 Å². The highest BCUT2D eigenvalue weighted by Gasteiger charge is 2.26. The van der Waals surface area contributed by atoms with Gasteiger partial charge in [-0.1, -0.05) is 6.92 Å². The lowest BCUT2D eigenvalue weighted by atomic mass is 10.1. The molecule has 14 heavy (non-hydrogen) atoms. The van der Waals surface area contributed by atoms with Gasteiger partial charge < -0.3 is 5.73 Å². The summed E-state index contributed by atoms with van der Waals surface area (Å²) < 4.78 is 0. The lowest BCUT2D eigenvalue weighted by Gasteiger charge is -2.43. The molecule has 1 saturated heterocycles. The lowest BCUT2D eigenvalue weighted by Crippen LogP contribution is -2.56. The summed E-state index contributed by atoms with van der Waals surface area (Å²) in [6.07, 6.45) is 1.08. The van der Waals surface area contributed by atoms with E-state index >= 15 is 0 Å². The first-order valence-electron chi connectivity index (χ1n) is 5.74. The van der Waals surface area contributed by atoms with Gasteiger partial charge >= 0.3 is 0 Å². The number of nitrogens with zero attached hydrogens (tertiary/aromatic N) is 2. The van der Waals surface area contributed by atoms with E-state index in [1.54, 1.807) is 0 Å². The molecule has 0 amide bonds. The molecule has 0 aromatic heterocycles. The smallest absolute Gasteiger partial charge is 0.0195 e. The Labute approximate surface area is 88.2 Å². The zero-order valence-electron chi connectivity index (χ0n) is 10.0. The Morgan fingerprint density at radius 1 is 1.29 bits per heavy atom. The van der Waals surface area contributed by atoms with Crippen LogP contribution in [-0.2, 0) is 0 Å². The van der Waals surface area contributed by atoms with Crippen molar-refractivity contribution >= 4 is 0 Å². The molecule has 1 unspecified atom stereocenters. The van der Waals surface area contributed by atoms with Gasteiger partial charge in [-0.15, -0.1) is 0 Å². The van der Waals surface area contributed by atoms with Gasteiger partial charge in [0.25, 0.3) is 0 Å². The average Bonchev–Trinajstić information content (AvgIpc) is 2.14. The van der Waals surface area contributed by atoms with Crippen molar-refractivity contribution in [2.24, 2.45) is 5.73 Å². The predicted octanol–water partition coefficient (Wildman–Crippen LogP) is 0.748. The minimum Gasteiger partial charge on any atom is -0.327 e. The van der Waals surface area contributed by atoms with E-state index in [1.165, 1.54) is 0 Å². The number of likely N-dealkylation sites (N-methyl/N-ethyl adjacent to an activating group) is 1. The number of hydrogen-bond acceptors (Lipinski definition) is 3. The van der Waals surface area contributed by atoms with E-state index in [0.29, 0.717) is 18.1 Å². The number of nitrogens with two attached hydrogens (primary N) is 1. The van der Waals surface area contributed by atoms with Crippen LogP contribution in [0.1, 0.15) is 27.2 Å². The van der Waals surface area contributed by atoms with Gasteiger partial charge in [-0.25, -0.2) is 0 Å². The van der Waals surface area contributed by atoms with Gasteiger partial charge in [0.15, 0.2) is 0 Å². The number of rotatable bonds is 3. The Bertz CT molecular complexity index is 157. The Kier molecular flexibility index (Phi) is 4.35. The second-order valence-electron chi connectivity index (χ2n) is 4.75. The fourth-order valence-electron chi connectivity index (χ4n) is 2.12. The van der Waals surface area contributed by atoms with Crippen molar-refractivity contribution in [3.05, 3.63) is 0 Å². The molecule has 0 saturated carbocycles. The maximum absolute atomic E-state index is 5.97. The maximum Gasteiger partial charge on any atom is 0.0195 e. The molecule has 3 nitrogen and oxygen atoms in total. The summed E-state index contributed by atoms with van der Waals surface area (Å²) in [5.74, 6) is 0. The van der Waals surface area contributed by atoms with E-state index in [4.69, 9.17) is 5.73 Å². The second-order valence-corrected chi connectivity index (χ2v) is 4.75. The Hall–Kier alpha value is -0.120. The third-order valence-electron chi connectivity index (χ3n) is 3.45. The first-order chi connectivity index (χ1) is 6.54. The van der Waals surface area contributed by atoms with Gasteiger partial charge in [-0.05, 0) is 27.3 Å². The van der Waals surface area contributed by atoms with Crippen LogP contribution < -0.4 is 5.73 Å². The highest BCUT2D eigenvalue weighted by molar-refractivity contribution is 4.84. The summed E-state index contributed by atoms with van der Waals surface area (Å²) >= 11 is 0. The first-order valence-corrected chi connectivity index (χ1v) is 5.74. The molecule has 1 heterocycles. The van der Waals surface area contributed by atoms with Gasteiger partial charge in [0.2, 0.25) is 0 Å². The standard InChI is InChI=1S/C11H25N3/c1-5-11(12)8-14-6-9(2)13(4)10(3)7-14/h9-11H,5-8,12H2,1-4H3/t9-,10+,11?. The minimum absolute atomic E-state index is 0.345. The molecule has 1 rings (SSSR count). The van der Waals surface area contributed by atoms with Crippen LogP contribution in [0.2, 0.25) is 0 Å². The van der Waals surface area contributed by atoms with Crippen molar-refractivity contribution in [2.45, 2.75) is 45.3 Å². The van der Waals surface area contributed by atoms with Crippen LogP contribution in [0.25, 0.3) is 0 Å². The Morgan fingerprint density at radius 3 is 2.21 bits per heavy atom. The van der Waals surface area contributed by atoms with Gasteiger partial charge in [0, 0.05) is 37.8 Å². The van der Waals surface area contributed by atoms with Crippen molar-refractivity contribution in [3.63, 3.8) is 0 Å². The average molecular weight is 199 g/mol. The topological polar surface area (TPSA) is 32.5 Å². The van der Waals surface area contributed by atoms with Crippen LogP contribution >= 0.6 is 0 Å². The van der Waals surface area contributed by atoms with Crippen molar-refractivity contribution in [1.82, 2.24) is 9.80 Å². The molecular weight excluding hydrogens is 174 g/mol. The van der Waals surface area contributed by atoms with E-state index in [-0.39, 0.29) is 0 Å². The molecule has 0 spiro atoms. The predicted molar refractivity (Wildman–Crippen MR) is 61.4 cm³/mol. The molecule has 1 fully saturated rings. The summed E-state index contributed by atoms with van der Waals surface area (Å²) in [6.45, 7) is 10.1. The quantitative estimate of drug-likeness (QED) is 0.728. The monoisotopic (exact) mass is 199 g/mol. The highest BCUT2D eigenvalue weighted by Crippen LogP contribution is 2.13. The molecule has 3 atom stereocenters. The highest BCUT2D eigenvalue weighted by atomic mass is 15.3. The molecular formula is C11H25N3. The molecule has 0 aliphatic carbocycles. The fraction of sp³-hybridized carbons (Fsp3) is 1.00. The van der Waals surface area contributed by atoms with Gasteiger partial charge in [-0.3, -0.25) is 9.80 Å². The summed E-state index contributed by atoms with van der Waals surface area (Å²) in [7, 11) is 2.21. The SMILES string of the molecule is CCC(N)CN1C[C@@H](C)N(C)[C@@H](C)C1. The molecule has 0 aromatic carbocycles. The van der Waals surface area contributed by atoms with Crippen LogP contribution in [-0.4, -0.2) is 54.6 Å². The summed E-state index contributed by atoms with van der Waals surface area (Å²) in [5.41, 5.74) is 5.97. The summed E-state index contributed by atoms with van der Waals surface area (Å²) in [5, 5.41) is 0. The summed E-state index contributed by atoms with van der Waals surface area (Å²) in [4.78, 5) is 4.96. The van der Waals surface area contributed by atoms with Gasteiger partial charge in [0.1, 0.15) is 0 Å². The molecule has 84 valence electrons. The van der Waals surface area contributed by atoms with Gasteiger partial charge in [-0.2, -0.15) is 0 Å². The molecule has 3 heteroatoms. The lowest BCUT2D eigenvalue weighted by molar-refractivity contribution is 0.0565. The fourth-order valence-corrected chi connectivity index (χ4v) is 2.12. The molecule has 1 aliphatic heterocycles. The molecule has 2 N–H and O–H groups in total. The molecule has 0 aromatic rings. The van der Waals surface area contributed by atoms with Crippen LogP contribution in [0, 0.1) is 0 Å². The maximum atomic E-state index is 5.97. The summed E-state index contributed by atoms with van der Waals surface area (Å²) in [6, 6.07) is 1.66. The van der Waals surface area contributed by atoms with Crippen LogP contribution in [0.4, 0.5) is 0 Å². The first kappa shape index (κ1) is 12.0. The third-order valence-corrected chi connectivity index (χ3v) is 3.45. The van der Waals surface area contributed by atoms with E-state index in [1.807, 2.05) is 0 Å². The van der Waals surface area contributed by atoms with Crippen LogP contribution in [0.5, 0.6) is 0 Å². The number of piperazine rings is 1. The molecule has 0 radical (unpaired) electrons. The van der Waals surface area contributed by atoms with E-state index in [2.05, 4.69) is 37.6 Å². The molecule has 1 aliphatic rings. The second kappa shape index (κ2) is 5.10. The normalized spacial score (nSPS) is 33.2. The molecule has 0 bridgehead atoms. The number of hydrogen-bond donors (Lipinski definition) is 1. The Morgan fingerprint density at radius 2 is 1.79 bits per heavy atom. The zero-order chi connectivity index (χ0) is 10.7. The van der Waals surface area contributed by atoms with Gasteiger partial charge in [0.05, 0.1) is 0 Å². The largest absolute Gasteiger partial charge is 0.327 e. The third kappa shape index (κ3) is 2.94. The van der Waals surface area contributed by atoms with Crippen LogP contribution in [0.3, 0.4) is 0 Å². The zero-order valence-corrected chi connectivity index (χ0v) is 10.0. The Balaban J connectivity index is 2.41. The minimum atomic E-state index is 0.345. The van der Waals surface area contributed by atoms with Crippen molar-refractivity contribution in [2.75, 3.05) is 26.7 Å². The van der Waals surface area contributed by atoms with E-state index < -0.39 is 0 Å². The van der Waals surface area contributed by atoms with E-state index in [0.717, 1.165) is 26.1 Å². The van der Waals surface area contributed by atoms with Crippen molar-refractivity contribution in [1.29, 1.82) is 0 Å². The van der Waals surface area contributed by atoms with Crippen molar-refractivity contribution < 1.29 is 0 Å². The van der Waals surface area contributed by atoms with Crippen molar-refractivity contribution in [3.8, 4) is 0 Å². The van der Waals surface area contributed by atoms with E-state index in [9.17, 15) is 0 Å².